The summed E-state index contributed by atoms with van der Waals surface area (Å²) < 4.78 is 5.16. The van der Waals surface area contributed by atoms with Gasteiger partial charge in [0.15, 0.2) is 0 Å². The molecule has 0 aliphatic heterocycles. The highest BCUT2D eigenvalue weighted by Crippen LogP contribution is 2.23. The molecule has 6 heteroatoms. The highest BCUT2D eigenvalue weighted by molar-refractivity contribution is 5.67. The quantitative estimate of drug-likeness (QED) is 0.760. The predicted octanol–water partition coefficient (Wildman–Crippen LogP) is 1.51. The maximum Gasteiger partial charge on any atom is 0.407 e. The van der Waals surface area contributed by atoms with Crippen molar-refractivity contribution in [2.75, 3.05) is 6.61 Å². The van der Waals surface area contributed by atoms with Gasteiger partial charge in [-0.3, -0.25) is 9.89 Å². The van der Waals surface area contributed by atoms with Gasteiger partial charge in [-0.25, -0.2) is 4.79 Å². The molecule has 0 atom stereocenters. The number of ether oxygens (including phenoxy) is 1. The van der Waals surface area contributed by atoms with E-state index >= 15 is 0 Å². The van der Waals surface area contributed by atoms with Gasteiger partial charge in [-0.05, 0) is 18.8 Å². The van der Waals surface area contributed by atoms with Crippen molar-refractivity contribution in [3.05, 3.63) is 22.1 Å². The number of hydrogen-bond acceptors (Lipinski definition) is 3. The Morgan fingerprint density at radius 1 is 1.33 bits per heavy atom. The topological polar surface area (TPSA) is 87.0 Å². The molecule has 0 saturated heterocycles. The zero-order chi connectivity index (χ0) is 12.8. The van der Waals surface area contributed by atoms with Gasteiger partial charge >= 0.3 is 6.09 Å². The van der Waals surface area contributed by atoms with Gasteiger partial charge in [0.25, 0.3) is 5.56 Å². The summed E-state index contributed by atoms with van der Waals surface area (Å²) in [7, 11) is 0. The van der Waals surface area contributed by atoms with Gasteiger partial charge in [0.05, 0.1) is 18.8 Å². The molecule has 0 unspecified atom stereocenters. The average molecular weight is 253 g/mol. The molecule has 1 amide bonds. The van der Waals surface area contributed by atoms with E-state index in [1.807, 2.05) is 0 Å². The summed E-state index contributed by atoms with van der Waals surface area (Å²) in [6, 6.07) is 1.40. The molecular formula is C12H19N3O3. The number of aromatic nitrogens is 2. The van der Waals surface area contributed by atoms with Crippen molar-refractivity contribution < 1.29 is 9.53 Å². The number of amides is 1. The van der Waals surface area contributed by atoms with Crippen LogP contribution in [0.1, 0.15) is 37.8 Å². The molecule has 1 saturated carbocycles. The molecule has 1 aliphatic rings. The monoisotopic (exact) mass is 253 g/mol. The molecule has 100 valence electrons. The molecule has 0 spiro atoms. The lowest BCUT2D eigenvalue weighted by atomic mass is 9.90. The summed E-state index contributed by atoms with van der Waals surface area (Å²) >= 11 is 0. The van der Waals surface area contributed by atoms with Crippen molar-refractivity contribution in [3.63, 3.8) is 0 Å². The van der Waals surface area contributed by atoms with Crippen LogP contribution >= 0.6 is 0 Å². The molecule has 0 radical (unpaired) electrons. The standard InChI is InChI=1S/C12H19N3O3/c16-11-6-10(14-15-11)7-13-12(17)18-8-9-4-2-1-3-5-9/h6,9H,1-5,7-8H2,(H,13,17)(H2,14,15,16). The maximum atomic E-state index is 11.4. The third-order valence-electron chi connectivity index (χ3n) is 3.25. The van der Waals surface area contributed by atoms with Crippen molar-refractivity contribution in [2.45, 2.75) is 38.6 Å². The lowest BCUT2D eigenvalue weighted by Crippen LogP contribution is -2.26. The fraction of sp³-hybridized carbons (Fsp3) is 0.667. The number of carbonyl (C=O) groups excluding carboxylic acids is 1. The van der Waals surface area contributed by atoms with Crippen LogP contribution < -0.4 is 10.9 Å². The van der Waals surface area contributed by atoms with Crippen molar-refractivity contribution >= 4 is 6.09 Å². The molecule has 3 N–H and O–H groups in total. The van der Waals surface area contributed by atoms with Gasteiger partial charge in [-0.2, -0.15) is 0 Å². The molecule has 1 heterocycles. The minimum absolute atomic E-state index is 0.206. The van der Waals surface area contributed by atoms with E-state index in [4.69, 9.17) is 4.74 Å². The van der Waals surface area contributed by atoms with Gasteiger partial charge in [0.2, 0.25) is 0 Å². The van der Waals surface area contributed by atoms with Crippen molar-refractivity contribution in [1.82, 2.24) is 15.5 Å². The SMILES string of the molecule is O=C(NCc1cc(=O)[nH][nH]1)OCC1CCCCC1. The lowest BCUT2D eigenvalue weighted by molar-refractivity contribution is 0.115. The Morgan fingerprint density at radius 2 is 2.11 bits per heavy atom. The highest BCUT2D eigenvalue weighted by Gasteiger charge is 2.15. The number of H-pyrrole nitrogens is 2. The second kappa shape index (κ2) is 6.28. The Labute approximate surface area is 105 Å². The van der Waals surface area contributed by atoms with Gasteiger partial charge in [0, 0.05) is 6.07 Å². The zero-order valence-corrected chi connectivity index (χ0v) is 10.3. The van der Waals surface area contributed by atoms with E-state index in [1.165, 1.54) is 25.3 Å². The first-order valence-corrected chi connectivity index (χ1v) is 6.41. The van der Waals surface area contributed by atoms with E-state index in [0.717, 1.165) is 12.8 Å². The number of alkyl carbamates (subject to hydrolysis) is 1. The Morgan fingerprint density at radius 3 is 2.78 bits per heavy atom. The van der Waals surface area contributed by atoms with E-state index in [9.17, 15) is 9.59 Å². The summed E-state index contributed by atoms with van der Waals surface area (Å²) in [6.45, 7) is 0.762. The van der Waals surface area contributed by atoms with Crippen LogP contribution in [0.25, 0.3) is 0 Å². The van der Waals surface area contributed by atoms with Gasteiger partial charge in [-0.1, -0.05) is 19.3 Å². The van der Waals surface area contributed by atoms with E-state index in [0.29, 0.717) is 18.2 Å². The van der Waals surface area contributed by atoms with Gasteiger partial charge in [-0.15, -0.1) is 0 Å². The first-order chi connectivity index (χ1) is 8.74. The van der Waals surface area contributed by atoms with Crippen LogP contribution in [0.3, 0.4) is 0 Å². The molecule has 0 aromatic carbocycles. The summed E-state index contributed by atoms with van der Waals surface area (Å²) in [6.07, 6.45) is 5.64. The van der Waals surface area contributed by atoms with Crippen molar-refractivity contribution in [2.24, 2.45) is 5.92 Å². The zero-order valence-electron chi connectivity index (χ0n) is 10.3. The van der Waals surface area contributed by atoms with Gasteiger partial charge in [0.1, 0.15) is 0 Å². The first-order valence-electron chi connectivity index (χ1n) is 6.41. The Hall–Kier alpha value is -1.72. The number of aromatic amines is 2. The van der Waals surface area contributed by atoms with Crippen LogP contribution in [0.15, 0.2) is 10.9 Å². The first kappa shape index (κ1) is 12.7. The Bertz CT molecular complexity index is 432. The van der Waals surface area contributed by atoms with Crippen LogP contribution in [-0.2, 0) is 11.3 Å². The van der Waals surface area contributed by atoms with E-state index in [-0.39, 0.29) is 12.1 Å². The summed E-state index contributed by atoms with van der Waals surface area (Å²) in [5, 5.41) is 7.66. The van der Waals surface area contributed by atoms with Crippen LogP contribution in [-0.4, -0.2) is 22.9 Å². The third kappa shape index (κ3) is 3.94. The largest absolute Gasteiger partial charge is 0.449 e. The van der Waals surface area contributed by atoms with Crippen LogP contribution in [0.4, 0.5) is 4.79 Å². The smallest absolute Gasteiger partial charge is 0.407 e. The predicted molar refractivity (Wildman–Crippen MR) is 66.2 cm³/mol. The molecule has 18 heavy (non-hydrogen) atoms. The number of carbonyl (C=O) groups is 1. The number of rotatable bonds is 4. The fourth-order valence-corrected chi connectivity index (χ4v) is 2.23. The molecule has 2 rings (SSSR count). The van der Waals surface area contributed by atoms with E-state index in [2.05, 4.69) is 15.5 Å². The second-order valence-electron chi connectivity index (χ2n) is 4.74. The average Bonchev–Trinajstić information content (AvgIpc) is 2.81. The Balaban J connectivity index is 1.64. The molecule has 1 aromatic heterocycles. The molecular weight excluding hydrogens is 234 g/mol. The second-order valence-corrected chi connectivity index (χ2v) is 4.74. The van der Waals surface area contributed by atoms with E-state index < -0.39 is 6.09 Å². The van der Waals surface area contributed by atoms with E-state index in [1.54, 1.807) is 0 Å². The Kier molecular flexibility index (Phi) is 4.44. The molecule has 1 aromatic rings. The number of nitrogens with one attached hydrogen (secondary N) is 3. The van der Waals surface area contributed by atoms with Crippen LogP contribution in [0, 0.1) is 5.92 Å². The summed E-state index contributed by atoms with van der Waals surface area (Å²) in [5.41, 5.74) is 0.428. The minimum Gasteiger partial charge on any atom is -0.449 e. The minimum atomic E-state index is -0.428. The number of hydrogen-bond donors (Lipinski definition) is 3. The lowest BCUT2D eigenvalue weighted by Gasteiger charge is -2.20. The summed E-state index contributed by atoms with van der Waals surface area (Å²) in [5.74, 6) is 0.511. The molecule has 6 nitrogen and oxygen atoms in total. The molecule has 1 fully saturated rings. The van der Waals surface area contributed by atoms with Gasteiger partial charge < -0.3 is 15.2 Å². The molecule has 1 aliphatic carbocycles. The van der Waals surface area contributed by atoms with Crippen LogP contribution in [0.2, 0.25) is 0 Å². The fourth-order valence-electron chi connectivity index (χ4n) is 2.23. The molecule has 0 bridgehead atoms. The normalized spacial score (nSPS) is 16.4. The third-order valence-corrected chi connectivity index (χ3v) is 3.25. The van der Waals surface area contributed by atoms with Crippen molar-refractivity contribution in [3.8, 4) is 0 Å². The summed E-state index contributed by atoms with van der Waals surface area (Å²) in [4.78, 5) is 22.3. The van der Waals surface area contributed by atoms with Crippen molar-refractivity contribution in [1.29, 1.82) is 0 Å². The maximum absolute atomic E-state index is 11.4. The van der Waals surface area contributed by atoms with Crippen LogP contribution in [0.5, 0.6) is 0 Å². The highest BCUT2D eigenvalue weighted by atomic mass is 16.5.